The summed E-state index contributed by atoms with van der Waals surface area (Å²) in [5.74, 6) is -2.93. The van der Waals surface area contributed by atoms with E-state index in [1.807, 2.05) is 0 Å². The molecule has 15 heavy (non-hydrogen) atoms. The lowest BCUT2D eigenvalue weighted by Crippen LogP contribution is -1.97. The maximum absolute atomic E-state index is 10.6. The van der Waals surface area contributed by atoms with E-state index in [4.69, 9.17) is 15.3 Å². The van der Waals surface area contributed by atoms with Crippen molar-refractivity contribution in [1.29, 1.82) is 0 Å². The van der Waals surface area contributed by atoms with Gasteiger partial charge in [0, 0.05) is 0 Å². The molecule has 1 aromatic carbocycles. The Kier molecular flexibility index (Phi) is 3.02. The van der Waals surface area contributed by atoms with Crippen molar-refractivity contribution in [2.45, 2.75) is 0 Å². The van der Waals surface area contributed by atoms with Crippen molar-refractivity contribution in [3.8, 4) is 5.75 Å². The summed E-state index contributed by atoms with van der Waals surface area (Å²) in [6, 6.07) is 3.52. The van der Waals surface area contributed by atoms with Gasteiger partial charge in [0.25, 0.3) is 0 Å². The van der Waals surface area contributed by atoms with Gasteiger partial charge in [0.15, 0.2) is 0 Å². The maximum Gasteiger partial charge on any atom is 0.346 e. The number of hydrogen-bond acceptors (Lipinski definition) is 4. The van der Waals surface area contributed by atoms with E-state index in [0.717, 1.165) is 12.1 Å². The summed E-state index contributed by atoms with van der Waals surface area (Å²) in [6.07, 6.45) is 0.637. The molecular formula is C9H7NO5. The fourth-order valence-electron chi connectivity index (χ4n) is 0.905. The van der Waals surface area contributed by atoms with Crippen LogP contribution in [0.25, 0.3) is 0 Å². The molecule has 0 amide bonds. The van der Waals surface area contributed by atoms with Gasteiger partial charge in [-0.2, -0.15) is 0 Å². The number of aromatic hydroxyl groups is 1. The molecule has 3 N–H and O–H groups in total. The minimum absolute atomic E-state index is 0.146. The van der Waals surface area contributed by atoms with Crippen LogP contribution >= 0.6 is 0 Å². The molecule has 0 saturated heterocycles. The normalized spacial score (nSPS) is 10.4. The third-order valence-corrected chi connectivity index (χ3v) is 1.53. The van der Waals surface area contributed by atoms with E-state index in [1.54, 1.807) is 0 Å². The minimum Gasteiger partial charge on any atom is -0.507 e. The van der Waals surface area contributed by atoms with E-state index < -0.39 is 17.7 Å². The van der Waals surface area contributed by atoms with Crippen molar-refractivity contribution < 1.29 is 24.9 Å². The zero-order chi connectivity index (χ0) is 11.4. The number of rotatable bonds is 3. The van der Waals surface area contributed by atoms with Crippen LogP contribution in [0.3, 0.4) is 0 Å². The van der Waals surface area contributed by atoms with Crippen LogP contribution in [0.15, 0.2) is 23.2 Å². The molecule has 0 aliphatic carbocycles. The second-order valence-electron chi connectivity index (χ2n) is 2.60. The average Bonchev–Trinajstić information content (AvgIpc) is 2.16. The van der Waals surface area contributed by atoms with E-state index in [2.05, 4.69) is 4.99 Å². The van der Waals surface area contributed by atoms with Crippen molar-refractivity contribution in [3.63, 3.8) is 0 Å². The number of carboxylic acid groups (broad SMARTS) is 2. The van der Waals surface area contributed by atoms with Gasteiger partial charge in [-0.05, 0) is 18.2 Å². The van der Waals surface area contributed by atoms with Gasteiger partial charge in [0.2, 0.25) is 0 Å². The highest BCUT2D eigenvalue weighted by Gasteiger charge is 2.09. The highest BCUT2D eigenvalue weighted by Crippen LogP contribution is 2.22. The third-order valence-electron chi connectivity index (χ3n) is 1.53. The highest BCUT2D eigenvalue weighted by atomic mass is 16.4. The Morgan fingerprint density at radius 3 is 2.47 bits per heavy atom. The van der Waals surface area contributed by atoms with E-state index >= 15 is 0 Å². The van der Waals surface area contributed by atoms with Gasteiger partial charge in [-0.15, -0.1) is 0 Å². The van der Waals surface area contributed by atoms with Crippen molar-refractivity contribution in [2.24, 2.45) is 4.99 Å². The molecule has 0 heterocycles. The maximum atomic E-state index is 10.6. The van der Waals surface area contributed by atoms with E-state index in [-0.39, 0.29) is 11.3 Å². The van der Waals surface area contributed by atoms with Crippen LogP contribution in [0.2, 0.25) is 0 Å². The first-order valence-electron chi connectivity index (χ1n) is 3.84. The molecule has 0 fully saturated rings. The van der Waals surface area contributed by atoms with Gasteiger partial charge in [-0.25, -0.2) is 14.6 Å². The third kappa shape index (κ3) is 2.80. The van der Waals surface area contributed by atoms with Gasteiger partial charge in [-0.3, -0.25) is 0 Å². The lowest BCUT2D eigenvalue weighted by Gasteiger charge is -1.99. The van der Waals surface area contributed by atoms with Gasteiger partial charge >= 0.3 is 11.9 Å². The van der Waals surface area contributed by atoms with Crippen LogP contribution in [-0.2, 0) is 4.79 Å². The summed E-state index contributed by atoms with van der Waals surface area (Å²) in [5.41, 5.74) is -0.178. The number of phenols is 1. The minimum atomic E-state index is -1.31. The lowest BCUT2D eigenvalue weighted by molar-refractivity contribution is -0.128. The number of carboxylic acids is 2. The topological polar surface area (TPSA) is 107 Å². The molecule has 0 aliphatic rings. The van der Waals surface area contributed by atoms with Crippen LogP contribution < -0.4 is 0 Å². The summed E-state index contributed by atoms with van der Waals surface area (Å²) < 4.78 is 0. The molecule has 6 heteroatoms. The Hall–Kier alpha value is -2.37. The first kappa shape index (κ1) is 10.7. The number of aliphatic imine (C=N–C) groups is 1. The predicted octanol–water partition coefficient (Wildman–Crippen LogP) is 0.877. The van der Waals surface area contributed by atoms with Crippen molar-refractivity contribution in [2.75, 3.05) is 0 Å². The fourth-order valence-corrected chi connectivity index (χ4v) is 0.905. The van der Waals surface area contributed by atoms with Gasteiger partial charge < -0.3 is 15.3 Å². The van der Waals surface area contributed by atoms with Gasteiger partial charge in [-0.1, -0.05) is 0 Å². The van der Waals surface area contributed by atoms with E-state index in [0.29, 0.717) is 6.21 Å². The molecule has 1 rings (SSSR count). The summed E-state index contributed by atoms with van der Waals surface area (Å²) in [4.78, 5) is 24.2. The van der Waals surface area contributed by atoms with Crippen LogP contribution in [0.4, 0.5) is 5.69 Å². The molecule has 0 saturated carbocycles. The van der Waals surface area contributed by atoms with Crippen LogP contribution in [0.1, 0.15) is 10.4 Å². The van der Waals surface area contributed by atoms with E-state index in [1.165, 1.54) is 6.07 Å². The van der Waals surface area contributed by atoms with E-state index in [9.17, 15) is 9.59 Å². The average molecular weight is 209 g/mol. The summed E-state index contributed by atoms with van der Waals surface area (Å²) >= 11 is 0. The van der Waals surface area contributed by atoms with Crippen molar-refractivity contribution >= 4 is 23.8 Å². The molecule has 0 aromatic heterocycles. The summed E-state index contributed by atoms with van der Waals surface area (Å²) in [5, 5.41) is 26.1. The monoisotopic (exact) mass is 209 g/mol. The standard InChI is InChI=1S/C9H7NO5/c11-7-2-1-5(10-4-8(12)13)3-6(7)9(14)15/h1-4,11H,(H,12,13)(H,14,15). The second kappa shape index (κ2) is 4.23. The number of nitrogens with zero attached hydrogens (tertiary/aromatic N) is 1. The molecule has 0 bridgehead atoms. The number of aromatic carboxylic acids is 1. The number of carbonyl (C=O) groups is 2. The van der Waals surface area contributed by atoms with Crippen LogP contribution in [0.5, 0.6) is 5.75 Å². The first-order valence-corrected chi connectivity index (χ1v) is 3.84. The van der Waals surface area contributed by atoms with Crippen molar-refractivity contribution in [3.05, 3.63) is 23.8 Å². The van der Waals surface area contributed by atoms with Gasteiger partial charge in [0.1, 0.15) is 17.5 Å². The zero-order valence-electron chi connectivity index (χ0n) is 7.41. The lowest BCUT2D eigenvalue weighted by atomic mass is 10.2. The largest absolute Gasteiger partial charge is 0.507 e. The predicted molar refractivity (Wildman–Crippen MR) is 50.9 cm³/mol. The SMILES string of the molecule is O=C(O)C=Nc1ccc(O)c(C(=O)O)c1. The highest BCUT2D eigenvalue weighted by molar-refractivity contribution is 6.22. The number of benzene rings is 1. The quantitative estimate of drug-likeness (QED) is 0.640. The molecule has 0 unspecified atom stereocenters. The first-order chi connectivity index (χ1) is 7.00. The zero-order valence-corrected chi connectivity index (χ0v) is 7.41. The number of hydrogen-bond donors (Lipinski definition) is 3. The molecule has 6 nitrogen and oxygen atoms in total. The molecule has 1 aromatic rings. The fraction of sp³-hybridized carbons (Fsp3) is 0. The van der Waals surface area contributed by atoms with Gasteiger partial charge in [0.05, 0.1) is 5.69 Å². The summed E-state index contributed by atoms with van der Waals surface area (Å²) in [7, 11) is 0. The Morgan fingerprint density at radius 2 is 1.93 bits per heavy atom. The van der Waals surface area contributed by atoms with Crippen LogP contribution in [-0.4, -0.2) is 33.5 Å². The summed E-state index contributed by atoms with van der Waals surface area (Å²) in [6.45, 7) is 0. The molecular weight excluding hydrogens is 202 g/mol. The molecule has 0 atom stereocenters. The molecule has 0 radical (unpaired) electrons. The molecule has 0 spiro atoms. The Morgan fingerprint density at radius 1 is 1.27 bits per heavy atom. The second-order valence-corrected chi connectivity index (χ2v) is 2.60. The Labute approximate surface area is 84.1 Å². The Bertz CT molecular complexity index is 438. The molecule has 78 valence electrons. The number of aliphatic carboxylic acids is 1. The van der Waals surface area contributed by atoms with Crippen molar-refractivity contribution in [1.82, 2.24) is 0 Å². The van der Waals surface area contributed by atoms with Crippen LogP contribution in [0, 0.1) is 0 Å². The molecule has 0 aliphatic heterocycles. The Balaban J connectivity index is 3.08. The smallest absolute Gasteiger partial charge is 0.346 e.